The Labute approximate surface area is 177 Å². The molecule has 0 fully saturated rings. The summed E-state index contributed by atoms with van der Waals surface area (Å²) in [4.78, 5) is 24.2. The van der Waals surface area contributed by atoms with E-state index in [9.17, 15) is 9.59 Å². The first-order valence-electron chi connectivity index (χ1n) is 8.74. The molecular formula is C21H19IN2O4. The monoisotopic (exact) mass is 490 g/mol. The second kappa shape index (κ2) is 9.01. The zero-order valence-electron chi connectivity index (χ0n) is 15.5. The van der Waals surface area contributed by atoms with Crippen molar-refractivity contribution in [1.82, 2.24) is 0 Å². The number of hydrogen-bond donors (Lipinski definition) is 0. The summed E-state index contributed by atoms with van der Waals surface area (Å²) in [6.45, 7) is 3.74. The third-order valence-corrected chi connectivity index (χ3v) is 4.82. The van der Waals surface area contributed by atoms with Gasteiger partial charge in [0.25, 0.3) is 5.91 Å². The van der Waals surface area contributed by atoms with E-state index in [1.54, 1.807) is 19.1 Å². The maximum Gasteiger partial charge on any atom is 0.344 e. The van der Waals surface area contributed by atoms with Gasteiger partial charge in [-0.25, -0.2) is 4.79 Å². The number of carbonyl (C=O) groups excluding carboxylic acids is 2. The van der Waals surface area contributed by atoms with E-state index in [1.165, 1.54) is 5.01 Å². The van der Waals surface area contributed by atoms with Crippen LogP contribution in [0, 0.1) is 3.57 Å². The first-order valence-corrected chi connectivity index (χ1v) is 9.82. The average molecular weight is 490 g/mol. The van der Waals surface area contributed by atoms with E-state index >= 15 is 0 Å². The zero-order valence-corrected chi connectivity index (χ0v) is 17.7. The SMILES string of the molecule is CCOC(=O)COc1ccc(/C=C2/C(=O)N(c3ccccc3)N=C2C)cc1I. The number of ether oxygens (including phenoxy) is 2. The van der Waals surface area contributed by atoms with Crippen molar-refractivity contribution in [3.63, 3.8) is 0 Å². The predicted octanol–water partition coefficient (Wildman–Crippen LogP) is 4.04. The third kappa shape index (κ3) is 4.59. The van der Waals surface area contributed by atoms with Gasteiger partial charge in [0.15, 0.2) is 6.61 Å². The van der Waals surface area contributed by atoms with Crippen molar-refractivity contribution in [3.05, 3.63) is 63.2 Å². The summed E-state index contributed by atoms with van der Waals surface area (Å²) >= 11 is 2.13. The molecule has 2 aromatic carbocycles. The highest BCUT2D eigenvalue weighted by molar-refractivity contribution is 14.1. The van der Waals surface area contributed by atoms with E-state index < -0.39 is 5.97 Å². The van der Waals surface area contributed by atoms with Crippen LogP contribution in [0.4, 0.5) is 5.69 Å². The van der Waals surface area contributed by atoms with Gasteiger partial charge in [-0.05, 0) is 72.3 Å². The Morgan fingerprint density at radius 3 is 2.64 bits per heavy atom. The lowest BCUT2D eigenvalue weighted by molar-refractivity contribution is -0.145. The number of amides is 1. The van der Waals surface area contributed by atoms with Gasteiger partial charge in [0.05, 0.1) is 27.1 Å². The van der Waals surface area contributed by atoms with Crippen LogP contribution in [0.1, 0.15) is 19.4 Å². The van der Waals surface area contributed by atoms with E-state index in [2.05, 4.69) is 27.7 Å². The van der Waals surface area contributed by atoms with E-state index in [1.807, 2.05) is 49.4 Å². The lowest BCUT2D eigenvalue weighted by Gasteiger charge is -2.11. The summed E-state index contributed by atoms with van der Waals surface area (Å²) in [6.07, 6.45) is 1.81. The van der Waals surface area contributed by atoms with Crippen LogP contribution in [-0.2, 0) is 14.3 Å². The summed E-state index contributed by atoms with van der Waals surface area (Å²) in [6, 6.07) is 14.8. The van der Waals surface area contributed by atoms with E-state index in [4.69, 9.17) is 9.47 Å². The van der Waals surface area contributed by atoms with Crippen LogP contribution < -0.4 is 9.75 Å². The van der Waals surface area contributed by atoms with Gasteiger partial charge in [-0.2, -0.15) is 10.1 Å². The summed E-state index contributed by atoms with van der Waals surface area (Å²) in [5.74, 6) is 0.0140. The van der Waals surface area contributed by atoms with Crippen molar-refractivity contribution >= 4 is 51.9 Å². The van der Waals surface area contributed by atoms with Crippen LogP contribution in [0.2, 0.25) is 0 Å². The number of benzene rings is 2. The van der Waals surface area contributed by atoms with Crippen molar-refractivity contribution in [1.29, 1.82) is 0 Å². The Kier molecular flexibility index (Phi) is 6.45. The molecule has 0 aliphatic carbocycles. The van der Waals surface area contributed by atoms with E-state index in [-0.39, 0.29) is 12.5 Å². The lowest BCUT2D eigenvalue weighted by atomic mass is 10.1. The molecule has 7 heteroatoms. The predicted molar refractivity (Wildman–Crippen MR) is 116 cm³/mol. The summed E-state index contributed by atoms with van der Waals surface area (Å²) < 4.78 is 11.2. The number of halogens is 1. The molecule has 1 heterocycles. The van der Waals surface area contributed by atoms with Crippen LogP contribution in [0.3, 0.4) is 0 Å². The number of para-hydroxylation sites is 1. The summed E-state index contributed by atoms with van der Waals surface area (Å²) in [5.41, 5.74) is 2.78. The summed E-state index contributed by atoms with van der Waals surface area (Å²) in [5, 5.41) is 5.78. The first kappa shape index (κ1) is 20.1. The van der Waals surface area contributed by atoms with E-state index in [0.29, 0.717) is 23.6 Å². The number of rotatable bonds is 6. The number of hydrazone groups is 1. The lowest BCUT2D eigenvalue weighted by Crippen LogP contribution is -2.21. The van der Waals surface area contributed by atoms with Crippen molar-refractivity contribution in [2.24, 2.45) is 5.10 Å². The molecule has 0 saturated heterocycles. The molecule has 6 nitrogen and oxygen atoms in total. The Morgan fingerprint density at radius 2 is 1.96 bits per heavy atom. The smallest absolute Gasteiger partial charge is 0.344 e. The molecule has 0 saturated carbocycles. The van der Waals surface area contributed by atoms with Gasteiger partial charge < -0.3 is 9.47 Å². The number of anilines is 1. The Hall–Kier alpha value is -2.68. The van der Waals surface area contributed by atoms with Crippen LogP contribution in [0.25, 0.3) is 6.08 Å². The highest BCUT2D eigenvalue weighted by atomic mass is 127. The van der Waals surface area contributed by atoms with Gasteiger partial charge in [-0.15, -0.1) is 0 Å². The number of nitrogens with zero attached hydrogens (tertiary/aromatic N) is 2. The van der Waals surface area contributed by atoms with Gasteiger partial charge >= 0.3 is 5.97 Å². The fourth-order valence-corrected chi connectivity index (χ4v) is 3.35. The second-order valence-electron chi connectivity index (χ2n) is 5.98. The van der Waals surface area contributed by atoms with Gasteiger partial charge in [0.1, 0.15) is 5.75 Å². The number of carbonyl (C=O) groups is 2. The Balaban J connectivity index is 1.76. The Bertz CT molecular complexity index is 954. The number of hydrogen-bond acceptors (Lipinski definition) is 5. The Morgan fingerprint density at radius 1 is 1.21 bits per heavy atom. The first-order chi connectivity index (χ1) is 13.5. The molecule has 0 bridgehead atoms. The molecule has 1 amide bonds. The largest absolute Gasteiger partial charge is 0.481 e. The summed E-state index contributed by atoms with van der Waals surface area (Å²) in [7, 11) is 0. The van der Waals surface area contributed by atoms with E-state index in [0.717, 1.165) is 14.8 Å². The fraction of sp³-hybridized carbons (Fsp3) is 0.190. The minimum absolute atomic E-state index is 0.138. The molecule has 28 heavy (non-hydrogen) atoms. The molecule has 0 radical (unpaired) electrons. The molecule has 1 aliphatic rings. The fourth-order valence-electron chi connectivity index (χ4n) is 2.66. The molecule has 0 aromatic heterocycles. The zero-order chi connectivity index (χ0) is 20.1. The maximum atomic E-state index is 12.8. The van der Waals surface area contributed by atoms with Gasteiger partial charge in [0.2, 0.25) is 0 Å². The van der Waals surface area contributed by atoms with Crippen molar-refractivity contribution in [2.75, 3.05) is 18.2 Å². The van der Waals surface area contributed by atoms with Crippen LogP contribution in [0.5, 0.6) is 5.75 Å². The second-order valence-corrected chi connectivity index (χ2v) is 7.14. The normalized spacial score (nSPS) is 15.0. The van der Waals surface area contributed by atoms with Crippen molar-refractivity contribution in [2.45, 2.75) is 13.8 Å². The van der Waals surface area contributed by atoms with Crippen LogP contribution in [0.15, 0.2) is 59.2 Å². The minimum Gasteiger partial charge on any atom is -0.481 e. The minimum atomic E-state index is -0.408. The highest BCUT2D eigenvalue weighted by Crippen LogP contribution is 2.27. The molecule has 1 aliphatic heterocycles. The molecular weight excluding hydrogens is 471 g/mol. The van der Waals surface area contributed by atoms with Crippen LogP contribution in [-0.4, -0.2) is 30.8 Å². The molecule has 3 rings (SSSR count). The standard InChI is InChI=1S/C21H19IN2O4/c1-3-27-20(25)13-28-19-10-9-15(12-18(19)22)11-17-14(2)23-24(21(17)26)16-7-5-4-6-8-16/h4-12H,3,13H2,1-2H3/b17-11+. The quantitative estimate of drug-likeness (QED) is 0.349. The third-order valence-electron chi connectivity index (χ3n) is 3.98. The van der Waals surface area contributed by atoms with Crippen LogP contribution >= 0.6 is 22.6 Å². The molecule has 0 N–H and O–H groups in total. The van der Waals surface area contributed by atoms with Gasteiger partial charge in [-0.1, -0.05) is 24.3 Å². The van der Waals surface area contributed by atoms with Crippen molar-refractivity contribution < 1.29 is 19.1 Å². The number of esters is 1. The maximum absolute atomic E-state index is 12.8. The molecule has 0 unspecified atom stereocenters. The topological polar surface area (TPSA) is 68.2 Å². The highest BCUT2D eigenvalue weighted by Gasteiger charge is 2.28. The van der Waals surface area contributed by atoms with Gasteiger partial charge in [-0.3, -0.25) is 4.79 Å². The molecule has 0 spiro atoms. The average Bonchev–Trinajstić information content (AvgIpc) is 2.96. The molecule has 0 atom stereocenters. The molecule has 2 aromatic rings. The molecule has 144 valence electrons. The van der Waals surface area contributed by atoms with Gasteiger partial charge in [0, 0.05) is 0 Å². The van der Waals surface area contributed by atoms with Crippen molar-refractivity contribution in [3.8, 4) is 5.75 Å².